The van der Waals surface area contributed by atoms with Crippen molar-refractivity contribution in [1.29, 1.82) is 0 Å². The second-order valence-electron chi connectivity index (χ2n) is 8.04. The van der Waals surface area contributed by atoms with Gasteiger partial charge in [-0.1, -0.05) is 6.07 Å². The maximum Gasteiger partial charge on any atom is 0.227 e. The summed E-state index contributed by atoms with van der Waals surface area (Å²) >= 11 is 0. The fraction of sp³-hybridized carbons (Fsp3) is 0.524. The van der Waals surface area contributed by atoms with Gasteiger partial charge in [0.2, 0.25) is 11.9 Å². The summed E-state index contributed by atoms with van der Waals surface area (Å²) in [5, 5.41) is 3.12. The van der Waals surface area contributed by atoms with Gasteiger partial charge in [-0.15, -0.1) is 0 Å². The van der Waals surface area contributed by atoms with Crippen molar-refractivity contribution in [2.24, 2.45) is 5.41 Å². The molecule has 2 fully saturated rings. The molecule has 1 amide bonds. The van der Waals surface area contributed by atoms with Crippen LogP contribution in [0.15, 0.2) is 30.5 Å². The summed E-state index contributed by atoms with van der Waals surface area (Å²) < 4.78 is 0. The van der Waals surface area contributed by atoms with E-state index in [1.54, 1.807) is 6.20 Å². The molecule has 1 N–H and O–H groups in total. The van der Waals surface area contributed by atoms with Gasteiger partial charge in [-0.3, -0.25) is 9.78 Å². The Hall–Kier alpha value is -2.70. The lowest BCUT2D eigenvalue weighted by Gasteiger charge is -2.48. The van der Waals surface area contributed by atoms with Crippen LogP contribution in [-0.2, 0) is 11.3 Å². The quantitative estimate of drug-likeness (QED) is 0.879. The first-order chi connectivity index (χ1) is 13.6. The van der Waals surface area contributed by atoms with E-state index < -0.39 is 0 Å². The normalized spacial score (nSPS) is 22.6. The zero-order valence-electron chi connectivity index (χ0n) is 16.7. The molecule has 2 aromatic heterocycles. The lowest BCUT2D eigenvalue weighted by molar-refractivity contribution is -0.138. The monoisotopic (exact) mass is 380 g/mol. The van der Waals surface area contributed by atoms with Crippen molar-refractivity contribution < 1.29 is 4.79 Å². The molecular formula is C21H28N6O. The fourth-order valence-electron chi connectivity index (χ4n) is 4.47. The van der Waals surface area contributed by atoms with Crippen LogP contribution in [0.5, 0.6) is 0 Å². The number of carbonyl (C=O) groups is 1. The minimum absolute atomic E-state index is 0.105. The van der Waals surface area contributed by atoms with Gasteiger partial charge in [0.25, 0.3) is 0 Å². The van der Waals surface area contributed by atoms with Gasteiger partial charge < -0.3 is 15.1 Å². The Morgan fingerprint density at radius 1 is 1.21 bits per heavy atom. The molecule has 0 bridgehead atoms. The molecule has 148 valence electrons. The maximum atomic E-state index is 12.6. The summed E-state index contributed by atoms with van der Waals surface area (Å²) in [4.78, 5) is 30.6. The Bertz CT molecular complexity index is 842. The second-order valence-corrected chi connectivity index (χ2v) is 8.04. The molecular weight excluding hydrogens is 352 g/mol. The highest BCUT2D eigenvalue weighted by molar-refractivity contribution is 5.77. The number of piperidine rings is 2. The number of anilines is 2. The third kappa shape index (κ3) is 3.93. The molecule has 2 aliphatic heterocycles. The summed E-state index contributed by atoms with van der Waals surface area (Å²) in [7, 11) is 1.88. The predicted octanol–water partition coefficient (Wildman–Crippen LogP) is 2.63. The molecule has 7 nitrogen and oxygen atoms in total. The molecule has 0 saturated carbocycles. The summed E-state index contributed by atoms with van der Waals surface area (Å²) in [6.07, 6.45) is 5.57. The molecule has 4 rings (SSSR count). The molecule has 2 aromatic rings. The number of hydrogen-bond acceptors (Lipinski definition) is 6. The van der Waals surface area contributed by atoms with Crippen molar-refractivity contribution in [2.75, 3.05) is 36.9 Å². The number of aryl methyl sites for hydroxylation is 1. The van der Waals surface area contributed by atoms with E-state index in [0.717, 1.165) is 62.1 Å². The van der Waals surface area contributed by atoms with E-state index in [1.807, 2.05) is 43.1 Å². The molecule has 28 heavy (non-hydrogen) atoms. The van der Waals surface area contributed by atoms with Crippen LogP contribution in [-0.4, -0.2) is 52.4 Å². The van der Waals surface area contributed by atoms with Gasteiger partial charge in [-0.25, -0.2) is 4.98 Å². The SMILES string of the molecule is CNc1cc(C)nc(N2CCCC3(CCC(=O)N(Cc4ccccn4)C3)C2)n1. The van der Waals surface area contributed by atoms with E-state index in [-0.39, 0.29) is 11.3 Å². The van der Waals surface area contributed by atoms with Crippen LogP contribution in [0.2, 0.25) is 0 Å². The van der Waals surface area contributed by atoms with Crippen molar-refractivity contribution in [2.45, 2.75) is 39.2 Å². The van der Waals surface area contributed by atoms with Gasteiger partial charge in [0.15, 0.2) is 0 Å². The van der Waals surface area contributed by atoms with E-state index in [0.29, 0.717) is 13.0 Å². The van der Waals surface area contributed by atoms with Crippen LogP contribution >= 0.6 is 0 Å². The number of hydrogen-bond donors (Lipinski definition) is 1. The highest BCUT2D eigenvalue weighted by atomic mass is 16.2. The molecule has 0 aromatic carbocycles. The number of aromatic nitrogens is 3. The first kappa shape index (κ1) is 18.7. The predicted molar refractivity (Wildman–Crippen MR) is 109 cm³/mol. The highest BCUT2D eigenvalue weighted by Gasteiger charge is 2.42. The van der Waals surface area contributed by atoms with E-state index in [4.69, 9.17) is 0 Å². The van der Waals surface area contributed by atoms with Crippen LogP contribution in [0.1, 0.15) is 37.1 Å². The van der Waals surface area contributed by atoms with E-state index in [9.17, 15) is 4.79 Å². The minimum Gasteiger partial charge on any atom is -0.373 e. The molecule has 4 heterocycles. The van der Waals surface area contributed by atoms with Gasteiger partial charge in [0.05, 0.1) is 12.2 Å². The summed E-state index contributed by atoms with van der Waals surface area (Å²) in [6, 6.07) is 7.82. The maximum absolute atomic E-state index is 12.6. The number of amides is 1. The fourth-order valence-corrected chi connectivity index (χ4v) is 4.47. The number of nitrogens with one attached hydrogen (secondary N) is 1. The van der Waals surface area contributed by atoms with Crippen LogP contribution < -0.4 is 10.2 Å². The number of carbonyl (C=O) groups excluding carboxylic acids is 1. The second kappa shape index (κ2) is 7.73. The molecule has 1 atom stereocenters. The van der Waals surface area contributed by atoms with Crippen LogP contribution in [0.4, 0.5) is 11.8 Å². The van der Waals surface area contributed by atoms with E-state index >= 15 is 0 Å². The van der Waals surface area contributed by atoms with E-state index in [1.165, 1.54) is 0 Å². The number of nitrogens with zero attached hydrogens (tertiary/aromatic N) is 5. The zero-order valence-corrected chi connectivity index (χ0v) is 16.7. The molecule has 0 radical (unpaired) electrons. The van der Waals surface area contributed by atoms with Crippen LogP contribution in [0.3, 0.4) is 0 Å². The third-order valence-corrected chi connectivity index (χ3v) is 5.87. The van der Waals surface area contributed by atoms with E-state index in [2.05, 4.69) is 25.2 Å². The average Bonchev–Trinajstić information content (AvgIpc) is 2.71. The van der Waals surface area contributed by atoms with Crippen molar-refractivity contribution in [1.82, 2.24) is 19.9 Å². The first-order valence-corrected chi connectivity index (χ1v) is 10.0. The summed E-state index contributed by atoms with van der Waals surface area (Å²) in [5.41, 5.74) is 2.01. The lowest BCUT2D eigenvalue weighted by Crippen LogP contribution is -2.54. The van der Waals surface area contributed by atoms with Crippen molar-refractivity contribution in [3.63, 3.8) is 0 Å². The molecule has 1 unspecified atom stereocenters. The highest BCUT2D eigenvalue weighted by Crippen LogP contribution is 2.40. The summed E-state index contributed by atoms with van der Waals surface area (Å²) in [6.45, 7) is 5.23. The Morgan fingerprint density at radius 2 is 2.11 bits per heavy atom. The smallest absolute Gasteiger partial charge is 0.227 e. The number of rotatable bonds is 4. The standard InChI is InChI=1S/C21H28N6O/c1-16-12-18(22-2)25-20(24-16)26-11-5-8-21(14-26)9-7-19(28)27(15-21)13-17-6-3-4-10-23-17/h3-4,6,10,12H,5,7-9,11,13-15H2,1-2H3,(H,22,24,25). The van der Waals surface area contributed by atoms with Gasteiger partial charge in [-0.05, 0) is 38.3 Å². The van der Waals surface area contributed by atoms with Crippen molar-refractivity contribution in [3.05, 3.63) is 41.9 Å². The largest absolute Gasteiger partial charge is 0.373 e. The minimum atomic E-state index is 0.105. The van der Waals surface area contributed by atoms with Crippen LogP contribution in [0, 0.1) is 12.3 Å². The molecule has 1 spiro atoms. The third-order valence-electron chi connectivity index (χ3n) is 5.87. The Labute approximate surface area is 166 Å². The molecule has 2 aliphatic rings. The van der Waals surface area contributed by atoms with Crippen LogP contribution in [0.25, 0.3) is 0 Å². The van der Waals surface area contributed by atoms with Gasteiger partial charge in [0.1, 0.15) is 5.82 Å². The number of likely N-dealkylation sites (tertiary alicyclic amines) is 1. The van der Waals surface area contributed by atoms with Crippen molar-refractivity contribution >= 4 is 17.7 Å². The molecule has 2 saturated heterocycles. The molecule has 7 heteroatoms. The van der Waals surface area contributed by atoms with Gasteiger partial charge >= 0.3 is 0 Å². The Kier molecular flexibility index (Phi) is 5.15. The Morgan fingerprint density at radius 3 is 2.89 bits per heavy atom. The zero-order chi connectivity index (χ0) is 19.6. The number of pyridine rings is 1. The summed E-state index contributed by atoms with van der Waals surface area (Å²) in [5.74, 6) is 1.87. The van der Waals surface area contributed by atoms with Crippen molar-refractivity contribution in [3.8, 4) is 0 Å². The first-order valence-electron chi connectivity index (χ1n) is 10.0. The van der Waals surface area contributed by atoms with Gasteiger partial charge in [-0.2, -0.15) is 4.98 Å². The van der Waals surface area contributed by atoms with Gasteiger partial charge in [0, 0.05) is 56.5 Å². The molecule has 0 aliphatic carbocycles. The average molecular weight is 380 g/mol. The Balaban J connectivity index is 1.52. The lowest BCUT2D eigenvalue weighted by atomic mass is 9.73. The topological polar surface area (TPSA) is 74.2 Å².